The summed E-state index contributed by atoms with van der Waals surface area (Å²) in [6.45, 7) is 0. The highest BCUT2D eigenvalue weighted by molar-refractivity contribution is 7.51. The minimum Gasteiger partial charge on any atom is -0.371 e. The summed E-state index contributed by atoms with van der Waals surface area (Å²) in [5, 5.41) is 1.96. The summed E-state index contributed by atoms with van der Waals surface area (Å²) in [6.07, 6.45) is 0. The molecule has 0 saturated carbocycles. The van der Waals surface area contributed by atoms with E-state index in [0.29, 0.717) is 0 Å². The van der Waals surface area contributed by atoms with Crippen LogP contribution in [0.25, 0.3) is 0 Å². The van der Waals surface area contributed by atoms with Crippen LogP contribution in [0.3, 0.4) is 0 Å². The van der Waals surface area contributed by atoms with Gasteiger partial charge in [-0.05, 0) is 11.4 Å². The third-order valence-electron chi connectivity index (χ3n) is 0.631. The summed E-state index contributed by atoms with van der Waals surface area (Å²) in [5.74, 6) is 0. The fraction of sp³-hybridized carbons (Fsp3) is 0. The first-order chi connectivity index (χ1) is 3.43. The van der Waals surface area contributed by atoms with Gasteiger partial charge in [-0.1, -0.05) is 6.07 Å². The monoisotopic (exact) mass is 132 g/mol. The van der Waals surface area contributed by atoms with E-state index in [1.165, 1.54) is 0 Å². The summed E-state index contributed by atoms with van der Waals surface area (Å²) in [4.78, 5) is 8.46. The van der Waals surface area contributed by atoms with E-state index in [1.54, 1.807) is 11.3 Å². The van der Waals surface area contributed by atoms with Crippen molar-refractivity contribution in [3.8, 4) is 0 Å². The van der Waals surface area contributed by atoms with Crippen molar-refractivity contribution in [2.75, 3.05) is 0 Å². The Morgan fingerprint density at radius 1 is 1.71 bits per heavy atom. The normalized spacial score (nSPS) is 11.0. The molecule has 1 rings (SSSR count). The lowest BCUT2D eigenvalue weighted by molar-refractivity contribution is 0.655. The quantitative estimate of drug-likeness (QED) is 0.564. The third kappa shape index (κ3) is 1.23. The zero-order chi connectivity index (χ0) is 5.11. The molecule has 1 nitrogen and oxygen atoms in total. The highest BCUT2D eigenvalue weighted by Crippen LogP contribution is 2.06. The molecule has 3 heteroatoms. The van der Waals surface area contributed by atoms with Crippen molar-refractivity contribution in [3.05, 3.63) is 17.5 Å². The van der Waals surface area contributed by atoms with Gasteiger partial charge in [-0.3, -0.25) is 0 Å². The Bertz CT molecular complexity index is 126. The molecule has 0 aliphatic carbocycles. The molecule has 1 aromatic heterocycles. The molecular weight excluding hydrogens is 127 g/mol. The summed E-state index contributed by atoms with van der Waals surface area (Å²) >= 11 is 1.59. The Labute approximate surface area is 47.9 Å². The standard InChI is InChI=1S/C4H5OPS/c5-6-4-2-1-3-7-4/h1-3,5-6H. The fourth-order valence-electron chi connectivity index (χ4n) is 0.342. The van der Waals surface area contributed by atoms with E-state index in [2.05, 4.69) is 0 Å². The topological polar surface area (TPSA) is 20.2 Å². The Morgan fingerprint density at radius 2 is 2.57 bits per heavy atom. The lowest BCUT2D eigenvalue weighted by Crippen LogP contribution is -1.77. The molecule has 0 radical (unpaired) electrons. The molecule has 1 N–H and O–H groups in total. The van der Waals surface area contributed by atoms with Crippen LogP contribution in [-0.4, -0.2) is 4.89 Å². The molecule has 0 aliphatic heterocycles. The summed E-state index contributed by atoms with van der Waals surface area (Å²) in [7, 11) is -0.0270. The molecule has 1 aromatic rings. The van der Waals surface area contributed by atoms with Gasteiger partial charge in [0.2, 0.25) is 0 Å². The molecule has 0 fully saturated rings. The Balaban J connectivity index is 2.76. The van der Waals surface area contributed by atoms with E-state index in [-0.39, 0.29) is 8.81 Å². The molecular formula is C4H5OPS. The fourth-order valence-corrected chi connectivity index (χ4v) is 1.39. The smallest absolute Gasteiger partial charge is 0.0522 e. The maximum Gasteiger partial charge on any atom is 0.0522 e. The number of hydrogen-bond acceptors (Lipinski definition) is 2. The van der Waals surface area contributed by atoms with Crippen molar-refractivity contribution in [2.45, 2.75) is 0 Å². The molecule has 1 unspecified atom stereocenters. The van der Waals surface area contributed by atoms with Gasteiger partial charge in [-0.15, -0.1) is 11.3 Å². The number of rotatable bonds is 1. The van der Waals surface area contributed by atoms with E-state index >= 15 is 0 Å². The predicted molar refractivity (Wildman–Crippen MR) is 34.5 cm³/mol. The van der Waals surface area contributed by atoms with E-state index in [9.17, 15) is 0 Å². The van der Waals surface area contributed by atoms with Gasteiger partial charge in [-0.25, -0.2) is 0 Å². The van der Waals surface area contributed by atoms with Gasteiger partial charge in [0, 0.05) is 0 Å². The van der Waals surface area contributed by atoms with Gasteiger partial charge < -0.3 is 4.89 Å². The zero-order valence-electron chi connectivity index (χ0n) is 3.59. The molecule has 1 heterocycles. The largest absolute Gasteiger partial charge is 0.371 e. The molecule has 0 spiro atoms. The molecule has 1 atom stereocenters. The van der Waals surface area contributed by atoms with Gasteiger partial charge in [0.15, 0.2) is 0 Å². The van der Waals surface area contributed by atoms with Gasteiger partial charge in [0.1, 0.15) is 0 Å². The van der Waals surface area contributed by atoms with E-state index in [1.807, 2.05) is 17.5 Å². The lowest BCUT2D eigenvalue weighted by Gasteiger charge is -1.78. The van der Waals surface area contributed by atoms with Crippen LogP contribution in [-0.2, 0) is 0 Å². The molecule has 0 bridgehead atoms. The van der Waals surface area contributed by atoms with Gasteiger partial charge in [-0.2, -0.15) is 0 Å². The first kappa shape index (κ1) is 5.23. The van der Waals surface area contributed by atoms with E-state index < -0.39 is 0 Å². The minimum atomic E-state index is -0.0270. The second kappa shape index (κ2) is 2.41. The van der Waals surface area contributed by atoms with Crippen LogP contribution in [0.2, 0.25) is 0 Å². The summed E-state index contributed by atoms with van der Waals surface area (Å²) in [6, 6.07) is 3.85. The third-order valence-corrected chi connectivity index (χ3v) is 2.33. The van der Waals surface area contributed by atoms with Crippen molar-refractivity contribution in [1.29, 1.82) is 0 Å². The number of thiophene rings is 1. The van der Waals surface area contributed by atoms with Crippen LogP contribution in [0.5, 0.6) is 0 Å². The number of hydrogen-bond donors (Lipinski definition) is 1. The Morgan fingerprint density at radius 3 is 2.86 bits per heavy atom. The SMILES string of the molecule is OPc1cccs1. The van der Waals surface area contributed by atoms with Crippen LogP contribution in [0.1, 0.15) is 0 Å². The molecule has 38 valence electrons. The van der Waals surface area contributed by atoms with Gasteiger partial charge >= 0.3 is 0 Å². The Kier molecular flexibility index (Phi) is 1.80. The lowest BCUT2D eigenvalue weighted by atomic mass is 10.7. The second-order valence-electron chi connectivity index (χ2n) is 1.09. The average molecular weight is 132 g/mol. The van der Waals surface area contributed by atoms with Crippen LogP contribution in [0, 0.1) is 0 Å². The van der Waals surface area contributed by atoms with Gasteiger partial charge in [0.05, 0.1) is 13.4 Å². The summed E-state index contributed by atoms with van der Waals surface area (Å²) in [5.41, 5.74) is 0. The van der Waals surface area contributed by atoms with Crippen molar-refractivity contribution >= 4 is 24.8 Å². The first-order valence-corrected chi connectivity index (χ1v) is 3.70. The van der Waals surface area contributed by atoms with Crippen LogP contribution < -0.4 is 4.62 Å². The molecule has 0 saturated heterocycles. The summed E-state index contributed by atoms with van der Waals surface area (Å²) < 4.78 is 1.06. The molecule has 0 aromatic carbocycles. The van der Waals surface area contributed by atoms with E-state index in [4.69, 9.17) is 4.89 Å². The van der Waals surface area contributed by atoms with Crippen LogP contribution >= 0.6 is 20.1 Å². The molecule has 0 aliphatic rings. The zero-order valence-corrected chi connectivity index (χ0v) is 5.40. The predicted octanol–water partition coefficient (Wildman–Crippen LogP) is 0.959. The maximum atomic E-state index is 8.46. The van der Waals surface area contributed by atoms with Gasteiger partial charge in [0.25, 0.3) is 0 Å². The average Bonchev–Trinajstić information content (AvgIpc) is 2.14. The maximum absolute atomic E-state index is 8.46. The molecule has 7 heavy (non-hydrogen) atoms. The highest BCUT2D eigenvalue weighted by atomic mass is 32.1. The van der Waals surface area contributed by atoms with Crippen molar-refractivity contribution in [1.82, 2.24) is 0 Å². The van der Waals surface area contributed by atoms with Crippen molar-refractivity contribution < 1.29 is 4.89 Å². The highest BCUT2D eigenvalue weighted by Gasteiger charge is 1.84. The first-order valence-electron chi connectivity index (χ1n) is 1.87. The second-order valence-corrected chi connectivity index (χ2v) is 3.16. The minimum absolute atomic E-state index is 0.0270. The van der Waals surface area contributed by atoms with E-state index in [0.717, 1.165) is 4.62 Å². The molecule has 0 amide bonds. The van der Waals surface area contributed by atoms with Crippen LogP contribution in [0.15, 0.2) is 17.5 Å². The Hall–Kier alpha value is 0.0900. The van der Waals surface area contributed by atoms with Crippen LogP contribution in [0.4, 0.5) is 0 Å². The van der Waals surface area contributed by atoms with Crippen molar-refractivity contribution in [3.63, 3.8) is 0 Å². The van der Waals surface area contributed by atoms with Crippen molar-refractivity contribution in [2.24, 2.45) is 0 Å².